The molecule has 27 heavy (non-hydrogen) atoms. The van der Waals surface area contributed by atoms with Crippen LogP contribution in [0.25, 0.3) is 0 Å². The number of hydrogen-bond acceptors (Lipinski definition) is 3. The molecular weight excluding hydrogens is 342 g/mol. The fraction of sp³-hybridized carbons (Fsp3) is 0.619. The highest BCUT2D eigenvalue weighted by Crippen LogP contribution is 2.27. The van der Waals surface area contributed by atoms with Crippen LogP contribution in [-0.4, -0.2) is 47.2 Å². The van der Waals surface area contributed by atoms with Crippen LogP contribution < -0.4 is 10.6 Å². The highest BCUT2D eigenvalue weighted by molar-refractivity contribution is 5.87. The van der Waals surface area contributed by atoms with Gasteiger partial charge in [0, 0.05) is 18.6 Å². The topological polar surface area (TPSA) is 81.7 Å². The molecule has 2 aliphatic rings. The molecule has 0 atom stereocenters. The third kappa shape index (κ3) is 5.70. The molecule has 6 heteroatoms. The van der Waals surface area contributed by atoms with E-state index in [0.29, 0.717) is 12.6 Å². The number of piperidine rings is 1. The van der Waals surface area contributed by atoms with E-state index in [1.54, 1.807) is 24.3 Å². The molecule has 1 aromatic rings. The average molecular weight is 373 g/mol. The zero-order chi connectivity index (χ0) is 19.2. The number of rotatable bonds is 5. The molecule has 0 aromatic heterocycles. The molecule has 1 aliphatic heterocycles. The lowest BCUT2D eigenvalue weighted by Crippen LogP contribution is -2.48. The average Bonchev–Trinajstić information content (AvgIpc) is 2.68. The van der Waals surface area contributed by atoms with Crippen LogP contribution in [0.15, 0.2) is 24.3 Å². The number of benzene rings is 1. The molecule has 0 radical (unpaired) electrons. The summed E-state index contributed by atoms with van der Waals surface area (Å²) in [5.74, 6) is -0.0785. The van der Waals surface area contributed by atoms with Gasteiger partial charge in [0.15, 0.2) is 0 Å². The number of aromatic carboxylic acids is 1. The van der Waals surface area contributed by atoms with Crippen molar-refractivity contribution in [3.8, 4) is 0 Å². The number of amides is 2. The van der Waals surface area contributed by atoms with E-state index in [9.17, 15) is 9.59 Å². The Hall–Kier alpha value is -2.08. The third-order valence-electron chi connectivity index (χ3n) is 6.02. The summed E-state index contributed by atoms with van der Waals surface area (Å²) in [6.45, 7) is 5.19. The molecule has 0 unspecified atom stereocenters. The van der Waals surface area contributed by atoms with Gasteiger partial charge in [-0.2, -0.15) is 0 Å². The van der Waals surface area contributed by atoms with Crippen LogP contribution in [0.2, 0.25) is 0 Å². The lowest BCUT2D eigenvalue weighted by atomic mass is 9.88. The molecule has 1 aliphatic carbocycles. The maximum absolute atomic E-state index is 12.2. The zero-order valence-electron chi connectivity index (χ0n) is 16.1. The van der Waals surface area contributed by atoms with E-state index >= 15 is 0 Å². The number of carboxylic acids is 1. The van der Waals surface area contributed by atoms with Crippen molar-refractivity contribution in [1.29, 1.82) is 0 Å². The van der Waals surface area contributed by atoms with Crippen LogP contribution in [0.1, 0.15) is 61.4 Å². The lowest BCUT2D eigenvalue weighted by molar-refractivity contribution is 0.0697. The Morgan fingerprint density at radius 3 is 2.26 bits per heavy atom. The number of urea groups is 1. The normalized spacial score (nSPS) is 24.3. The maximum atomic E-state index is 12.2. The summed E-state index contributed by atoms with van der Waals surface area (Å²) >= 11 is 0. The first kappa shape index (κ1) is 19.7. The predicted molar refractivity (Wildman–Crippen MR) is 105 cm³/mol. The SMILES string of the molecule is CC1CCN(C2CCC(NC(=O)NCc3ccc(C(=O)O)cc3)CC2)CC1. The minimum absolute atomic E-state index is 0.146. The van der Waals surface area contributed by atoms with Crippen molar-refractivity contribution in [3.63, 3.8) is 0 Å². The lowest BCUT2D eigenvalue weighted by Gasteiger charge is -2.40. The van der Waals surface area contributed by atoms with Crippen molar-refractivity contribution in [2.24, 2.45) is 5.92 Å². The Kier molecular flexibility index (Phi) is 6.72. The molecule has 0 spiro atoms. The molecule has 0 bridgehead atoms. The largest absolute Gasteiger partial charge is 0.478 e. The van der Waals surface area contributed by atoms with Crippen molar-refractivity contribution in [2.45, 2.75) is 64.1 Å². The van der Waals surface area contributed by atoms with Gasteiger partial charge in [-0.15, -0.1) is 0 Å². The van der Waals surface area contributed by atoms with Gasteiger partial charge in [0.1, 0.15) is 0 Å². The number of carbonyl (C=O) groups is 2. The molecular formula is C21H31N3O3. The maximum Gasteiger partial charge on any atom is 0.335 e. The number of nitrogens with one attached hydrogen (secondary N) is 2. The minimum atomic E-state index is -0.943. The summed E-state index contributed by atoms with van der Waals surface area (Å²) in [7, 11) is 0. The van der Waals surface area contributed by atoms with E-state index in [0.717, 1.165) is 37.2 Å². The molecule has 6 nitrogen and oxygen atoms in total. The van der Waals surface area contributed by atoms with Gasteiger partial charge in [0.05, 0.1) is 5.56 Å². The Morgan fingerprint density at radius 2 is 1.67 bits per heavy atom. The second-order valence-electron chi connectivity index (χ2n) is 8.05. The molecule has 3 N–H and O–H groups in total. The summed E-state index contributed by atoms with van der Waals surface area (Å²) in [4.78, 5) is 25.7. The zero-order valence-corrected chi connectivity index (χ0v) is 16.1. The number of nitrogens with zero attached hydrogens (tertiary/aromatic N) is 1. The Balaban J connectivity index is 1.36. The first-order chi connectivity index (χ1) is 13.0. The summed E-state index contributed by atoms with van der Waals surface area (Å²) in [5, 5.41) is 14.9. The predicted octanol–water partition coefficient (Wildman–Crippen LogP) is 3.23. The van der Waals surface area contributed by atoms with Gasteiger partial charge in [0.2, 0.25) is 0 Å². The van der Waals surface area contributed by atoms with Gasteiger partial charge in [0.25, 0.3) is 0 Å². The summed E-state index contributed by atoms with van der Waals surface area (Å²) in [6.07, 6.45) is 7.03. The van der Waals surface area contributed by atoms with Crippen molar-refractivity contribution in [2.75, 3.05) is 13.1 Å². The standard InChI is InChI=1S/C21H31N3O3/c1-15-10-12-24(13-11-15)19-8-6-18(7-9-19)23-21(27)22-14-16-2-4-17(5-3-16)20(25)26/h2-5,15,18-19H,6-14H2,1H3,(H,25,26)(H2,22,23,27). The Bertz CT molecular complexity index is 631. The first-order valence-corrected chi connectivity index (χ1v) is 10.1. The van der Waals surface area contributed by atoms with Crippen LogP contribution in [0.5, 0.6) is 0 Å². The summed E-state index contributed by atoms with van der Waals surface area (Å²) in [6, 6.07) is 7.36. The molecule has 1 saturated heterocycles. The number of likely N-dealkylation sites (tertiary alicyclic amines) is 1. The quantitative estimate of drug-likeness (QED) is 0.740. The van der Waals surface area contributed by atoms with Crippen LogP contribution in [-0.2, 0) is 6.54 Å². The van der Waals surface area contributed by atoms with Gasteiger partial charge in [-0.05, 0) is 75.2 Å². The van der Waals surface area contributed by atoms with E-state index in [-0.39, 0.29) is 17.6 Å². The number of hydrogen-bond donors (Lipinski definition) is 3. The van der Waals surface area contributed by atoms with Crippen LogP contribution in [0.3, 0.4) is 0 Å². The van der Waals surface area contributed by atoms with Gasteiger partial charge in [-0.25, -0.2) is 9.59 Å². The highest BCUT2D eigenvalue weighted by Gasteiger charge is 2.28. The van der Waals surface area contributed by atoms with Crippen LogP contribution in [0.4, 0.5) is 4.79 Å². The van der Waals surface area contributed by atoms with Gasteiger partial charge >= 0.3 is 12.0 Å². The van der Waals surface area contributed by atoms with Crippen LogP contribution >= 0.6 is 0 Å². The van der Waals surface area contributed by atoms with E-state index in [4.69, 9.17) is 5.11 Å². The second-order valence-corrected chi connectivity index (χ2v) is 8.05. The number of carboxylic acid groups (broad SMARTS) is 1. The van der Waals surface area contributed by atoms with E-state index in [1.807, 2.05) is 0 Å². The first-order valence-electron chi connectivity index (χ1n) is 10.1. The smallest absolute Gasteiger partial charge is 0.335 e. The fourth-order valence-electron chi connectivity index (χ4n) is 4.16. The summed E-state index contributed by atoms with van der Waals surface area (Å²) < 4.78 is 0. The van der Waals surface area contributed by atoms with Crippen molar-refractivity contribution in [1.82, 2.24) is 15.5 Å². The van der Waals surface area contributed by atoms with E-state index in [1.165, 1.54) is 25.9 Å². The van der Waals surface area contributed by atoms with Crippen molar-refractivity contribution in [3.05, 3.63) is 35.4 Å². The van der Waals surface area contributed by atoms with Gasteiger partial charge < -0.3 is 20.6 Å². The number of carbonyl (C=O) groups excluding carboxylic acids is 1. The summed E-state index contributed by atoms with van der Waals surface area (Å²) in [5.41, 5.74) is 1.14. The molecule has 148 valence electrons. The molecule has 1 aromatic carbocycles. The molecule has 2 fully saturated rings. The van der Waals surface area contributed by atoms with Crippen molar-refractivity contribution < 1.29 is 14.7 Å². The Labute approximate surface area is 161 Å². The monoisotopic (exact) mass is 373 g/mol. The van der Waals surface area contributed by atoms with Crippen molar-refractivity contribution >= 4 is 12.0 Å². The Morgan fingerprint density at radius 1 is 1.04 bits per heavy atom. The molecule has 1 heterocycles. The second kappa shape index (κ2) is 9.22. The minimum Gasteiger partial charge on any atom is -0.478 e. The third-order valence-corrected chi connectivity index (χ3v) is 6.02. The van der Waals surface area contributed by atoms with Gasteiger partial charge in [-0.3, -0.25) is 0 Å². The molecule has 3 rings (SSSR count). The highest BCUT2D eigenvalue weighted by atomic mass is 16.4. The molecule has 1 saturated carbocycles. The van der Waals surface area contributed by atoms with Crippen LogP contribution in [0, 0.1) is 5.92 Å². The van der Waals surface area contributed by atoms with E-state index in [2.05, 4.69) is 22.5 Å². The van der Waals surface area contributed by atoms with E-state index < -0.39 is 5.97 Å². The fourth-order valence-corrected chi connectivity index (χ4v) is 4.16. The molecule has 2 amide bonds. The van der Waals surface area contributed by atoms with Gasteiger partial charge in [-0.1, -0.05) is 19.1 Å².